The lowest BCUT2D eigenvalue weighted by Crippen LogP contribution is -1.84. The van der Waals surface area contributed by atoms with Crippen LogP contribution in [0.1, 0.15) is 25.5 Å². The zero-order valence-corrected chi connectivity index (χ0v) is 6.37. The van der Waals surface area contributed by atoms with Gasteiger partial charge >= 0.3 is 0 Å². The van der Waals surface area contributed by atoms with E-state index in [4.69, 9.17) is 11.6 Å². The van der Waals surface area contributed by atoms with Crippen molar-refractivity contribution in [2.24, 2.45) is 0 Å². The summed E-state index contributed by atoms with van der Waals surface area (Å²) in [6.07, 6.45) is 0. The van der Waals surface area contributed by atoms with Gasteiger partial charge in [0.1, 0.15) is 5.15 Å². The molecule has 1 aromatic rings. The second-order valence-corrected chi connectivity index (χ2v) is 2.82. The minimum atomic E-state index is 0.539. The van der Waals surface area contributed by atoms with Crippen molar-refractivity contribution in [1.29, 1.82) is 0 Å². The lowest BCUT2D eigenvalue weighted by atomic mass is 10.1. The predicted molar refractivity (Wildman–Crippen MR) is 39.9 cm³/mol. The zero-order chi connectivity index (χ0) is 6.85. The molecule has 50 valence electrons. The number of hydrogen-bond donors (Lipinski definition) is 1. The fraction of sp³-hybridized carbons (Fsp3) is 0.429. The molecule has 1 heterocycles. The molecule has 0 atom stereocenters. The Labute approximate surface area is 60.0 Å². The van der Waals surface area contributed by atoms with E-state index in [0.717, 1.165) is 5.15 Å². The maximum atomic E-state index is 5.65. The molecule has 0 radical (unpaired) electrons. The summed E-state index contributed by atoms with van der Waals surface area (Å²) in [5, 5.41) is 0.721. The third kappa shape index (κ3) is 1.49. The summed E-state index contributed by atoms with van der Waals surface area (Å²) in [7, 11) is 0. The molecule has 1 nitrogen and oxygen atoms in total. The third-order valence-electron chi connectivity index (χ3n) is 1.29. The Morgan fingerprint density at radius 3 is 2.33 bits per heavy atom. The lowest BCUT2D eigenvalue weighted by Gasteiger charge is -1.97. The van der Waals surface area contributed by atoms with Crippen LogP contribution in [0.3, 0.4) is 0 Å². The largest absolute Gasteiger partial charge is 0.349 e. The van der Waals surface area contributed by atoms with Gasteiger partial charge in [-0.2, -0.15) is 0 Å². The van der Waals surface area contributed by atoms with Crippen LogP contribution in [0.2, 0.25) is 5.15 Å². The van der Waals surface area contributed by atoms with Crippen LogP contribution in [0.5, 0.6) is 0 Å². The number of aromatic nitrogens is 1. The molecule has 1 rings (SSSR count). The molecule has 0 aliphatic heterocycles. The molecule has 0 amide bonds. The van der Waals surface area contributed by atoms with E-state index < -0.39 is 0 Å². The van der Waals surface area contributed by atoms with Gasteiger partial charge in [0, 0.05) is 5.69 Å². The van der Waals surface area contributed by atoms with Crippen molar-refractivity contribution >= 4 is 11.6 Å². The molecule has 0 unspecified atom stereocenters. The minimum Gasteiger partial charge on any atom is -0.349 e. The smallest absolute Gasteiger partial charge is 0.106 e. The van der Waals surface area contributed by atoms with E-state index in [1.807, 2.05) is 12.1 Å². The fourth-order valence-electron chi connectivity index (χ4n) is 0.721. The van der Waals surface area contributed by atoms with E-state index in [2.05, 4.69) is 18.8 Å². The average molecular weight is 144 g/mol. The van der Waals surface area contributed by atoms with E-state index in [1.165, 1.54) is 5.69 Å². The minimum absolute atomic E-state index is 0.539. The number of aromatic amines is 1. The molecule has 0 spiro atoms. The summed E-state index contributed by atoms with van der Waals surface area (Å²) in [6, 6.07) is 3.88. The quantitative estimate of drug-likeness (QED) is 0.622. The number of H-pyrrole nitrogens is 1. The highest BCUT2D eigenvalue weighted by atomic mass is 35.5. The van der Waals surface area contributed by atoms with Crippen LogP contribution in [0.4, 0.5) is 0 Å². The highest BCUT2D eigenvalue weighted by Crippen LogP contribution is 2.15. The number of hydrogen-bond acceptors (Lipinski definition) is 0. The predicted octanol–water partition coefficient (Wildman–Crippen LogP) is 2.79. The van der Waals surface area contributed by atoms with Gasteiger partial charge in [-0.15, -0.1) is 0 Å². The van der Waals surface area contributed by atoms with Gasteiger partial charge in [-0.3, -0.25) is 0 Å². The van der Waals surface area contributed by atoms with E-state index in [0.29, 0.717) is 5.92 Å². The first-order valence-electron chi connectivity index (χ1n) is 3.04. The van der Waals surface area contributed by atoms with Crippen LogP contribution in [-0.2, 0) is 0 Å². The van der Waals surface area contributed by atoms with Crippen molar-refractivity contribution < 1.29 is 0 Å². The van der Waals surface area contributed by atoms with Gasteiger partial charge in [-0.05, 0) is 18.1 Å². The highest BCUT2D eigenvalue weighted by Gasteiger charge is 1.98. The van der Waals surface area contributed by atoms with Crippen LogP contribution >= 0.6 is 11.6 Å². The molecular weight excluding hydrogens is 134 g/mol. The van der Waals surface area contributed by atoms with Gasteiger partial charge in [0.25, 0.3) is 0 Å². The summed E-state index contributed by atoms with van der Waals surface area (Å²) >= 11 is 5.65. The van der Waals surface area contributed by atoms with Gasteiger partial charge in [-0.1, -0.05) is 25.4 Å². The van der Waals surface area contributed by atoms with Gasteiger partial charge in [-0.25, -0.2) is 0 Å². The first-order chi connectivity index (χ1) is 4.20. The van der Waals surface area contributed by atoms with Gasteiger partial charge < -0.3 is 4.98 Å². The molecule has 0 fully saturated rings. The maximum absolute atomic E-state index is 5.65. The van der Waals surface area contributed by atoms with E-state index in [1.54, 1.807) is 0 Å². The number of nitrogens with one attached hydrogen (secondary N) is 1. The monoisotopic (exact) mass is 143 g/mol. The van der Waals surface area contributed by atoms with Gasteiger partial charge in [0.15, 0.2) is 0 Å². The van der Waals surface area contributed by atoms with Crippen molar-refractivity contribution in [3.05, 3.63) is 23.0 Å². The first-order valence-corrected chi connectivity index (χ1v) is 3.42. The Morgan fingerprint density at radius 2 is 2.11 bits per heavy atom. The standard InChI is InChI=1S/C7H10ClN/c1-5(2)6-3-4-7(8)9-6/h3-5,9H,1-2H3. The van der Waals surface area contributed by atoms with Crippen LogP contribution in [0, 0.1) is 0 Å². The fourth-order valence-corrected chi connectivity index (χ4v) is 0.893. The summed E-state index contributed by atoms with van der Waals surface area (Å²) in [5.74, 6) is 0.539. The topological polar surface area (TPSA) is 15.8 Å². The van der Waals surface area contributed by atoms with E-state index in [-0.39, 0.29) is 0 Å². The second-order valence-electron chi connectivity index (χ2n) is 2.42. The van der Waals surface area contributed by atoms with Crippen molar-refractivity contribution in [3.63, 3.8) is 0 Å². The van der Waals surface area contributed by atoms with E-state index >= 15 is 0 Å². The van der Waals surface area contributed by atoms with Gasteiger partial charge in [0.2, 0.25) is 0 Å². The number of rotatable bonds is 1. The molecule has 9 heavy (non-hydrogen) atoms. The highest BCUT2D eigenvalue weighted by molar-refractivity contribution is 6.29. The van der Waals surface area contributed by atoms with Gasteiger partial charge in [0.05, 0.1) is 0 Å². The SMILES string of the molecule is CC(C)c1ccc(Cl)[nH]1. The third-order valence-corrected chi connectivity index (χ3v) is 1.52. The van der Waals surface area contributed by atoms with Crippen molar-refractivity contribution in [3.8, 4) is 0 Å². The molecule has 2 heteroatoms. The average Bonchev–Trinajstić information content (AvgIpc) is 2.14. The Bertz CT molecular complexity index is 191. The second kappa shape index (κ2) is 2.44. The summed E-state index contributed by atoms with van der Waals surface area (Å²) in [5.41, 5.74) is 1.19. The Kier molecular flexibility index (Phi) is 1.81. The molecule has 1 aromatic heterocycles. The maximum Gasteiger partial charge on any atom is 0.106 e. The van der Waals surface area contributed by atoms with Crippen LogP contribution in [0.15, 0.2) is 12.1 Å². The van der Waals surface area contributed by atoms with Crippen molar-refractivity contribution in [2.45, 2.75) is 19.8 Å². The van der Waals surface area contributed by atoms with Crippen LogP contribution in [0.25, 0.3) is 0 Å². The first kappa shape index (κ1) is 6.69. The Balaban J connectivity index is 2.85. The summed E-state index contributed by atoms with van der Waals surface area (Å²) < 4.78 is 0. The summed E-state index contributed by atoms with van der Waals surface area (Å²) in [4.78, 5) is 3.04. The normalized spacial score (nSPS) is 10.7. The molecular formula is C7H10ClN. The van der Waals surface area contributed by atoms with Crippen molar-refractivity contribution in [1.82, 2.24) is 4.98 Å². The molecule has 0 aliphatic rings. The van der Waals surface area contributed by atoms with Crippen LogP contribution in [-0.4, -0.2) is 4.98 Å². The molecule has 0 aromatic carbocycles. The van der Waals surface area contributed by atoms with Crippen molar-refractivity contribution in [2.75, 3.05) is 0 Å². The van der Waals surface area contributed by atoms with Crippen LogP contribution < -0.4 is 0 Å². The van der Waals surface area contributed by atoms with E-state index in [9.17, 15) is 0 Å². The molecule has 0 bridgehead atoms. The Hall–Kier alpha value is -0.430. The number of halogens is 1. The molecule has 0 saturated carbocycles. The molecule has 0 saturated heterocycles. The molecule has 0 aliphatic carbocycles. The zero-order valence-electron chi connectivity index (χ0n) is 5.61. The molecule has 1 N–H and O–H groups in total. The lowest BCUT2D eigenvalue weighted by molar-refractivity contribution is 0.833. The Morgan fingerprint density at radius 1 is 1.44 bits per heavy atom. The summed E-state index contributed by atoms with van der Waals surface area (Å²) in [6.45, 7) is 4.25.